The highest BCUT2D eigenvalue weighted by Crippen LogP contribution is 2.34. The molecule has 0 saturated carbocycles. The van der Waals surface area contributed by atoms with Crippen molar-refractivity contribution in [2.45, 2.75) is 12.7 Å². The number of aromatic nitrogens is 3. The number of anilines is 2. The van der Waals surface area contributed by atoms with E-state index in [1.807, 2.05) is 0 Å². The van der Waals surface area contributed by atoms with E-state index < -0.39 is 23.4 Å². The van der Waals surface area contributed by atoms with Gasteiger partial charge in [-0.2, -0.15) is 13.2 Å². The zero-order valence-electron chi connectivity index (χ0n) is 12.3. The summed E-state index contributed by atoms with van der Waals surface area (Å²) in [5.41, 5.74) is -1.24. The second kappa shape index (κ2) is 5.55. The highest BCUT2D eigenvalue weighted by Gasteiger charge is 2.32. The minimum Gasteiger partial charge on any atom is -0.466 e. The van der Waals surface area contributed by atoms with Crippen LogP contribution in [-0.4, -0.2) is 27.8 Å². The molecule has 2 aromatic rings. The van der Waals surface area contributed by atoms with Crippen LogP contribution in [0, 0.1) is 0 Å². The van der Waals surface area contributed by atoms with Gasteiger partial charge in [0.15, 0.2) is 0 Å². The summed E-state index contributed by atoms with van der Waals surface area (Å²) >= 11 is 0. The van der Waals surface area contributed by atoms with Crippen LogP contribution in [0.2, 0.25) is 0 Å². The van der Waals surface area contributed by atoms with E-state index in [2.05, 4.69) is 14.9 Å². The first-order valence-electron chi connectivity index (χ1n) is 6.72. The molecule has 0 unspecified atom stereocenters. The quantitative estimate of drug-likeness (QED) is 0.843. The lowest BCUT2D eigenvalue weighted by molar-refractivity contribution is -0.138. The second-order valence-electron chi connectivity index (χ2n) is 4.98. The van der Waals surface area contributed by atoms with Crippen LogP contribution < -0.4 is 10.6 Å². The van der Waals surface area contributed by atoms with Crippen molar-refractivity contribution in [1.29, 1.82) is 0 Å². The molecule has 0 aliphatic carbocycles. The Morgan fingerprint density at radius 3 is 2.79 bits per heavy atom. The first kappa shape index (κ1) is 15.8. The number of nitrogens with one attached hydrogen (secondary N) is 1. The molecule has 24 heavy (non-hydrogen) atoms. The molecule has 1 aliphatic rings. The van der Waals surface area contributed by atoms with Gasteiger partial charge in [0.25, 0.3) is 0 Å². The maximum Gasteiger partial charge on any atom is 0.416 e. The van der Waals surface area contributed by atoms with Crippen LogP contribution >= 0.6 is 0 Å². The van der Waals surface area contributed by atoms with Crippen molar-refractivity contribution in [3.8, 4) is 0 Å². The van der Waals surface area contributed by atoms with E-state index in [0.717, 1.165) is 16.7 Å². The van der Waals surface area contributed by atoms with Crippen molar-refractivity contribution >= 4 is 17.6 Å². The van der Waals surface area contributed by atoms with Gasteiger partial charge in [0.05, 0.1) is 24.8 Å². The Morgan fingerprint density at radius 1 is 1.38 bits per heavy atom. The van der Waals surface area contributed by atoms with E-state index in [4.69, 9.17) is 0 Å². The fourth-order valence-electron chi connectivity index (χ4n) is 2.33. The largest absolute Gasteiger partial charge is 0.466 e. The van der Waals surface area contributed by atoms with E-state index >= 15 is 0 Å². The molecule has 0 amide bonds. The number of halogens is 3. The third kappa shape index (κ3) is 2.66. The summed E-state index contributed by atoms with van der Waals surface area (Å²) in [4.78, 5) is 24.8. The highest BCUT2D eigenvalue weighted by atomic mass is 19.4. The lowest BCUT2D eigenvalue weighted by Gasteiger charge is -2.25. The number of benzene rings is 1. The zero-order chi connectivity index (χ0) is 17.5. The standard InChI is InChI=1S/C14H11F3N4O3/c1-24-11(22)8-6-20(12-18-19-13(23)21(12)7-8)10-4-2-3-9(5-10)14(15,16)17/h2-6H,7H2,1H3,(H,19,23). The Bertz CT molecular complexity index is 882. The van der Waals surface area contributed by atoms with Crippen molar-refractivity contribution in [3.63, 3.8) is 0 Å². The summed E-state index contributed by atoms with van der Waals surface area (Å²) in [7, 11) is 1.17. The average Bonchev–Trinajstić information content (AvgIpc) is 2.94. The topological polar surface area (TPSA) is 80.2 Å². The molecule has 1 N–H and O–H groups in total. The SMILES string of the molecule is COC(=O)C1=CN(c2cccc(C(F)(F)F)c2)c2n[nH]c(=O)n2C1. The number of nitrogens with zero attached hydrogens (tertiary/aromatic N) is 3. The minimum absolute atomic E-state index is 0.0759. The predicted octanol–water partition coefficient (Wildman–Crippen LogP) is 1.80. The van der Waals surface area contributed by atoms with E-state index in [1.54, 1.807) is 0 Å². The summed E-state index contributed by atoms with van der Waals surface area (Å²) in [6.07, 6.45) is -3.22. The lowest BCUT2D eigenvalue weighted by Crippen LogP contribution is -2.30. The van der Waals surface area contributed by atoms with Crippen molar-refractivity contribution < 1.29 is 22.7 Å². The van der Waals surface area contributed by atoms with Crippen LogP contribution in [0.3, 0.4) is 0 Å². The van der Waals surface area contributed by atoms with Crippen molar-refractivity contribution in [1.82, 2.24) is 14.8 Å². The molecule has 3 rings (SSSR count). The number of rotatable bonds is 2. The lowest BCUT2D eigenvalue weighted by atomic mass is 10.1. The minimum atomic E-state index is -4.52. The van der Waals surface area contributed by atoms with E-state index in [9.17, 15) is 22.8 Å². The molecule has 126 valence electrons. The summed E-state index contributed by atoms with van der Waals surface area (Å²) < 4.78 is 44.5. The van der Waals surface area contributed by atoms with Gasteiger partial charge in [-0.1, -0.05) is 6.07 Å². The molecule has 1 aromatic carbocycles. The molecule has 0 spiro atoms. The Morgan fingerprint density at radius 2 is 2.12 bits per heavy atom. The zero-order valence-corrected chi connectivity index (χ0v) is 12.3. The monoisotopic (exact) mass is 340 g/mol. The van der Waals surface area contributed by atoms with E-state index in [0.29, 0.717) is 0 Å². The molecule has 0 bridgehead atoms. The Balaban J connectivity index is 2.13. The van der Waals surface area contributed by atoms with Gasteiger partial charge in [-0.3, -0.25) is 9.47 Å². The molecule has 0 radical (unpaired) electrons. The summed E-state index contributed by atoms with van der Waals surface area (Å²) in [5, 5.41) is 6.01. The first-order chi connectivity index (χ1) is 11.3. The number of hydrogen-bond donors (Lipinski definition) is 1. The molecule has 7 nitrogen and oxygen atoms in total. The predicted molar refractivity (Wildman–Crippen MR) is 76.5 cm³/mol. The molecular formula is C14H11F3N4O3. The fourth-order valence-corrected chi connectivity index (χ4v) is 2.33. The third-order valence-corrected chi connectivity index (χ3v) is 3.47. The second-order valence-corrected chi connectivity index (χ2v) is 4.98. The van der Waals surface area contributed by atoms with Gasteiger partial charge < -0.3 is 4.74 Å². The van der Waals surface area contributed by atoms with Gasteiger partial charge in [0.1, 0.15) is 0 Å². The molecule has 0 fully saturated rings. The number of aromatic amines is 1. The average molecular weight is 340 g/mol. The molecular weight excluding hydrogens is 329 g/mol. The van der Waals surface area contributed by atoms with Gasteiger partial charge in [-0.05, 0) is 18.2 Å². The van der Waals surface area contributed by atoms with Crippen LogP contribution in [0.4, 0.5) is 24.8 Å². The van der Waals surface area contributed by atoms with Crippen molar-refractivity contribution in [2.75, 3.05) is 12.0 Å². The van der Waals surface area contributed by atoms with Crippen LogP contribution in [-0.2, 0) is 22.3 Å². The number of fused-ring (bicyclic) bond motifs is 1. The Hall–Kier alpha value is -3.04. The van der Waals surface area contributed by atoms with Gasteiger partial charge in [-0.15, -0.1) is 5.10 Å². The van der Waals surface area contributed by atoms with E-state index in [-0.39, 0.29) is 23.8 Å². The fraction of sp³-hybridized carbons (Fsp3) is 0.214. The Labute approximate surface area is 133 Å². The number of hydrogen-bond acceptors (Lipinski definition) is 5. The van der Waals surface area contributed by atoms with Gasteiger partial charge in [0.2, 0.25) is 5.95 Å². The maximum atomic E-state index is 12.9. The first-order valence-corrected chi connectivity index (χ1v) is 6.72. The summed E-state index contributed by atoms with van der Waals surface area (Å²) in [5.74, 6) is -0.613. The molecule has 0 saturated heterocycles. The number of carbonyl (C=O) groups is 1. The molecule has 1 aromatic heterocycles. The summed E-state index contributed by atoms with van der Waals surface area (Å²) in [6, 6.07) is 4.47. The Kier molecular flexibility index (Phi) is 3.66. The molecule has 1 aliphatic heterocycles. The molecule has 10 heteroatoms. The van der Waals surface area contributed by atoms with Gasteiger partial charge in [0, 0.05) is 11.9 Å². The third-order valence-electron chi connectivity index (χ3n) is 3.47. The van der Waals surface area contributed by atoms with E-state index in [1.165, 1.54) is 30.3 Å². The number of methoxy groups -OCH3 is 1. The van der Waals surface area contributed by atoms with Crippen LogP contribution in [0.1, 0.15) is 5.56 Å². The summed E-state index contributed by atoms with van der Waals surface area (Å²) in [6.45, 7) is -0.0905. The van der Waals surface area contributed by atoms with Crippen LogP contribution in [0.5, 0.6) is 0 Å². The molecule has 2 heterocycles. The van der Waals surface area contributed by atoms with Crippen LogP contribution in [0.25, 0.3) is 0 Å². The van der Waals surface area contributed by atoms with Gasteiger partial charge >= 0.3 is 17.8 Å². The smallest absolute Gasteiger partial charge is 0.416 e. The van der Waals surface area contributed by atoms with Crippen LogP contribution in [0.15, 0.2) is 40.8 Å². The number of esters is 1. The van der Waals surface area contributed by atoms with Gasteiger partial charge in [-0.25, -0.2) is 14.7 Å². The normalized spacial score (nSPS) is 14.2. The highest BCUT2D eigenvalue weighted by molar-refractivity contribution is 5.90. The number of ether oxygens (including phenoxy) is 1. The number of H-pyrrole nitrogens is 1. The number of carbonyl (C=O) groups excluding carboxylic acids is 1. The van der Waals surface area contributed by atoms with Crippen molar-refractivity contribution in [2.24, 2.45) is 0 Å². The van der Waals surface area contributed by atoms with Crippen molar-refractivity contribution in [3.05, 3.63) is 52.1 Å². The molecule has 0 atom stereocenters. The number of alkyl halides is 3. The maximum absolute atomic E-state index is 12.9.